The second-order valence-electron chi connectivity index (χ2n) is 5.98. The van der Waals surface area contributed by atoms with E-state index in [-0.39, 0.29) is 18.2 Å². The third kappa shape index (κ3) is 7.43. The number of hydrogen-bond donors (Lipinski definition) is 2. The van der Waals surface area contributed by atoms with E-state index in [0.717, 1.165) is 25.8 Å². The molecule has 0 aromatic carbocycles. The lowest BCUT2D eigenvalue weighted by atomic mass is 9.93. The summed E-state index contributed by atoms with van der Waals surface area (Å²) < 4.78 is 0. The van der Waals surface area contributed by atoms with Gasteiger partial charge in [0.25, 0.3) is 0 Å². The van der Waals surface area contributed by atoms with E-state index in [9.17, 15) is 14.4 Å². The van der Waals surface area contributed by atoms with Crippen molar-refractivity contribution in [3.05, 3.63) is 0 Å². The Labute approximate surface area is 132 Å². The van der Waals surface area contributed by atoms with Crippen LogP contribution in [0.3, 0.4) is 0 Å². The van der Waals surface area contributed by atoms with Crippen molar-refractivity contribution in [1.29, 1.82) is 0 Å². The largest absolute Gasteiger partial charge is 0.481 e. The molecule has 1 atom stereocenters. The van der Waals surface area contributed by atoms with Gasteiger partial charge < -0.3 is 15.3 Å². The summed E-state index contributed by atoms with van der Waals surface area (Å²) >= 11 is 0. The predicted octanol–water partition coefficient (Wildman–Crippen LogP) is 1.79. The van der Waals surface area contributed by atoms with E-state index in [0.29, 0.717) is 44.7 Å². The van der Waals surface area contributed by atoms with Gasteiger partial charge in [0.05, 0.1) is 0 Å². The first-order chi connectivity index (χ1) is 10.5. The molecular weight excluding hydrogens is 284 g/mol. The first-order valence-electron chi connectivity index (χ1n) is 8.29. The normalized spacial score (nSPS) is 18.0. The summed E-state index contributed by atoms with van der Waals surface area (Å²) in [6.45, 7) is 4.10. The minimum atomic E-state index is -0.776. The van der Waals surface area contributed by atoms with E-state index in [2.05, 4.69) is 5.32 Å². The zero-order chi connectivity index (χ0) is 16.4. The van der Waals surface area contributed by atoms with E-state index in [1.54, 1.807) is 0 Å². The highest BCUT2D eigenvalue weighted by molar-refractivity contribution is 5.79. The van der Waals surface area contributed by atoms with Crippen LogP contribution in [0, 0.1) is 5.92 Å². The molecule has 0 aromatic heterocycles. The molecule has 1 aliphatic heterocycles. The maximum absolute atomic E-state index is 12.2. The number of nitrogens with one attached hydrogen (secondary N) is 1. The van der Waals surface area contributed by atoms with E-state index >= 15 is 0 Å². The topological polar surface area (TPSA) is 86.7 Å². The van der Waals surface area contributed by atoms with Crippen molar-refractivity contribution in [2.45, 2.75) is 58.3 Å². The number of nitrogens with zero attached hydrogens (tertiary/aromatic N) is 1. The van der Waals surface area contributed by atoms with Gasteiger partial charge in [-0.05, 0) is 38.0 Å². The molecule has 0 aromatic rings. The summed E-state index contributed by atoms with van der Waals surface area (Å²) in [7, 11) is 0. The molecule has 126 valence electrons. The molecule has 1 heterocycles. The van der Waals surface area contributed by atoms with Gasteiger partial charge in [0, 0.05) is 38.9 Å². The number of amides is 2. The van der Waals surface area contributed by atoms with Crippen molar-refractivity contribution in [2.75, 3.05) is 19.6 Å². The molecule has 0 bridgehead atoms. The van der Waals surface area contributed by atoms with Crippen LogP contribution >= 0.6 is 0 Å². The second kappa shape index (κ2) is 10.2. The number of carboxylic acids is 1. The van der Waals surface area contributed by atoms with Gasteiger partial charge in [0.1, 0.15) is 0 Å². The van der Waals surface area contributed by atoms with E-state index in [1.165, 1.54) is 0 Å². The van der Waals surface area contributed by atoms with Crippen LogP contribution in [0.1, 0.15) is 58.3 Å². The van der Waals surface area contributed by atoms with Gasteiger partial charge in [0.2, 0.25) is 11.8 Å². The Bertz CT molecular complexity index is 384. The first kappa shape index (κ1) is 18.5. The lowest BCUT2D eigenvalue weighted by Crippen LogP contribution is -2.40. The van der Waals surface area contributed by atoms with Crippen LogP contribution in [0.5, 0.6) is 0 Å². The van der Waals surface area contributed by atoms with Crippen molar-refractivity contribution in [1.82, 2.24) is 10.2 Å². The first-order valence-corrected chi connectivity index (χ1v) is 8.29. The van der Waals surface area contributed by atoms with Crippen LogP contribution in [0.2, 0.25) is 0 Å². The molecule has 0 radical (unpaired) electrons. The van der Waals surface area contributed by atoms with Gasteiger partial charge in [-0.25, -0.2) is 0 Å². The fourth-order valence-corrected chi connectivity index (χ4v) is 2.77. The highest BCUT2D eigenvalue weighted by Crippen LogP contribution is 2.21. The average molecular weight is 312 g/mol. The smallest absolute Gasteiger partial charge is 0.303 e. The molecular formula is C16H28N2O4. The van der Waals surface area contributed by atoms with Crippen molar-refractivity contribution >= 4 is 17.8 Å². The molecule has 2 N–H and O–H groups in total. The second-order valence-corrected chi connectivity index (χ2v) is 5.98. The lowest BCUT2D eigenvalue weighted by Gasteiger charge is -2.32. The fourth-order valence-electron chi connectivity index (χ4n) is 2.77. The molecule has 0 spiro atoms. The molecule has 6 nitrogen and oxygen atoms in total. The molecule has 1 aliphatic rings. The van der Waals surface area contributed by atoms with Gasteiger partial charge in [-0.1, -0.05) is 6.92 Å². The number of hydrogen-bond acceptors (Lipinski definition) is 3. The summed E-state index contributed by atoms with van der Waals surface area (Å²) in [6, 6.07) is 0. The number of carbonyl (C=O) groups excluding carboxylic acids is 2. The Hall–Kier alpha value is -1.59. The monoisotopic (exact) mass is 312 g/mol. The van der Waals surface area contributed by atoms with Crippen LogP contribution in [0.4, 0.5) is 0 Å². The quantitative estimate of drug-likeness (QED) is 0.679. The number of aliphatic carboxylic acids is 1. The lowest BCUT2D eigenvalue weighted by molar-refractivity contribution is -0.137. The van der Waals surface area contributed by atoms with Gasteiger partial charge >= 0.3 is 5.97 Å². The fraction of sp³-hybridized carbons (Fsp3) is 0.812. The zero-order valence-corrected chi connectivity index (χ0v) is 13.5. The Kier molecular flexibility index (Phi) is 8.55. The number of rotatable bonds is 9. The maximum Gasteiger partial charge on any atom is 0.303 e. The van der Waals surface area contributed by atoms with Crippen molar-refractivity contribution < 1.29 is 19.5 Å². The molecule has 1 fully saturated rings. The number of carbonyl (C=O) groups is 3. The molecule has 1 rings (SSSR count). The van der Waals surface area contributed by atoms with Gasteiger partial charge in [-0.3, -0.25) is 14.4 Å². The highest BCUT2D eigenvalue weighted by Gasteiger charge is 2.23. The van der Waals surface area contributed by atoms with Crippen molar-refractivity contribution in [2.24, 2.45) is 5.92 Å². The van der Waals surface area contributed by atoms with Gasteiger partial charge in [0.15, 0.2) is 0 Å². The Morgan fingerprint density at radius 1 is 1.23 bits per heavy atom. The molecule has 1 saturated heterocycles. The molecule has 22 heavy (non-hydrogen) atoms. The third-order valence-electron chi connectivity index (χ3n) is 4.00. The minimum absolute atomic E-state index is 0.00706. The maximum atomic E-state index is 12.2. The SMILES string of the molecule is CCCNC(=O)CCCC(=O)N1CCCC(CCC(=O)O)C1. The average Bonchev–Trinajstić information content (AvgIpc) is 2.51. The Morgan fingerprint density at radius 3 is 2.68 bits per heavy atom. The van der Waals surface area contributed by atoms with Crippen molar-refractivity contribution in [3.63, 3.8) is 0 Å². The number of carboxylic acid groups (broad SMARTS) is 1. The Balaban J connectivity index is 2.23. The summed E-state index contributed by atoms with van der Waals surface area (Å²) in [5, 5.41) is 11.5. The van der Waals surface area contributed by atoms with Crippen LogP contribution in [0.25, 0.3) is 0 Å². The highest BCUT2D eigenvalue weighted by atomic mass is 16.4. The summed E-state index contributed by atoms with van der Waals surface area (Å²) in [5.41, 5.74) is 0. The molecule has 0 saturated carbocycles. The Morgan fingerprint density at radius 2 is 2.00 bits per heavy atom. The van der Waals surface area contributed by atoms with Crippen LogP contribution in [-0.4, -0.2) is 47.4 Å². The summed E-state index contributed by atoms with van der Waals surface area (Å²) in [5.74, 6) is -0.390. The van der Waals surface area contributed by atoms with Gasteiger partial charge in [-0.2, -0.15) is 0 Å². The van der Waals surface area contributed by atoms with Crippen LogP contribution in [-0.2, 0) is 14.4 Å². The summed E-state index contributed by atoms with van der Waals surface area (Å²) in [6.07, 6.45) is 5.01. The standard InChI is InChI=1S/C16H28N2O4/c1-2-10-17-14(19)6-3-7-15(20)18-11-4-5-13(12-18)8-9-16(21)22/h13H,2-12H2,1H3,(H,17,19)(H,21,22). The predicted molar refractivity (Wildman–Crippen MR) is 83.3 cm³/mol. The van der Waals surface area contributed by atoms with Crippen LogP contribution < -0.4 is 5.32 Å². The molecule has 2 amide bonds. The third-order valence-corrected chi connectivity index (χ3v) is 4.00. The molecule has 6 heteroatoms. The number of likely N-dealkylation sites (tertiary alicyclic amines) is 1. The van der Waals surface area contributed by atoms with Crippen LogP contribution in [0.15, 0.2) is 0 Å². The van der Waals surface area contributed by atoms with E-state index in [4.69, 9.17) is 5.11 Å². The van der Waals surface area contributed by atoms with E-state index in [1.807, 2.05) is 11.8 Å². The summed E-state index contributed by atoms with van der Waals surface area (Å²) in [4.78, 5) is 36.1. The molecule has 1 unspecified atom stereocenters. The van der Waals surface area contributed by atoms with Crippen molar-refractivity contribution in [3.8, 4) is 0 Å². The van der Waals surface area contributed by atoms with Gasteiger partial charge in [-0.15, -0.1) is 0 Å². The molecule has 0 aliphatic carbocycles. The number of piperidine rings is 1. The zero-order valence-electron chi connectivity index (χ0n) is 13.5. The van der Waals surface area contributed by atoms with E-state index < -0.39 is 5.97 Å². The minimum Gasteiger partial charge on any atom is -0.481 e.